The Hall–Kier alpha value is -1.05. The molecule has 2 heterocycles. The van der Waals surface area contributed by atoms with E-state index in [1.54, 1.807) is 0 Å². The molecule has 0 N–H and O–H groups in total. The van der Waals surface area contributed by atoms with E-state index >= 15 is 0 Å². The lowest BCUT2D eigenvalue weighted by Gasteiger charge is -2.03. The zero-order valence-corrected chi connectivity index (χ0v) is 6.79. The third-order valence-corrected chi connectivity index (χ3v) is 1.99. The van der Waals surface area contributed by atoms with Gasteiger partial charge in [-0.3, -0.25) is 4.98 Å². The van der Waals surface area contributed by atoms with Crippen LogP contribution in [-0.2, 0) is 6.42 Å². The van der Waals surface area contributed by atoms with Crippen molar-refractivity contribution in [2.24, 2.45) is 0 Å². The van der Waals surface area contributed by atoms with Gasteiger partial charge in [0.1, 0.15) is 11.9 Å². The molecule has 1 aromatic heterocycles. The van der Waals surface area contributed by atoms with Crippen LogP contribution in [0.1, 0.15) is 18.2 Å². The van der Waals surface area contributed by atoms with Gasteiger partial charge in [0.25, 0.3) is 0 Å². The first kappa shape index (κ1) is 6.65. The van der Waals surface area contributed by atoms with Crippen LogP contribution < -0.4 is 4.74 Å². The quantitative estimate of drug-likeness (QED) is 0.560. The number of rotatable bonds is 0. The fraction of sp³-hybridized carbons (Fsp3) is 0.444. The van der Waals surface area contributed by atoms with Gasteiger partial charge in [0, 0.05) is 18.2 Å². The lowest BCUT2D eigenvalue weighted by Crippen LogP contribution is -2.05. The largest absolute Gasteiger partial charge is 0.488 e. The van der Waals surface area contributed by atoms with Gasteiger partial charge in [0.15, 0.2) is 0 Å². The van der Waals surface area contributed by atoms with Crippen LogP contribution in [0.3, 0.4) is 0 Å². The fourth-order valence-corrected chi connectivity index (χ4v) is 1.48. The van der Waals surface area contributed by atoms with Crippen molar-refractivity contribution in [2.75, 3.05) is 0 Å². The Morgan fingerprint density at radius 1 is 1.64 bits per heavy atom. The highest BCUT2D eigenvalue weighted by molar-refractivity contribution is 5.39. The average molecular weight is 149 g/mol. The SMILES string of the molecule is Cc1nccc2c1O[C@H](C)C2. The molecule has 1 aromatic rings. The molecule has 0 unspecified atom stereocenters. The van der Waals surface area contributed by atoms with Crippen molar-refractivity contribution in [1.29, 1.82) is 0 Å². The van der Waals surface area contributed by atoms with Gasteiger partial charge in [-0.1, -0.05) is 0 Å². The van der Waals surface area contributed by atoms with E-state index in [2.05, 4.69) is 11.9 Å². The normalized spacial score (nSPS) is 21.1. The second-order valence-corrected chi connectivity index (χ2v) is 3.02. The first-order valence-electron chi connectivity index (χ1n) is 3.88. The number of pyridine rings is 1. The third-order valence-electron chi connectivity index (χ3n) is 1.99. The molecule has 1 atom stereocenters. The van der Waals surface area contributed by atoms with Gasteiger partial charge in [0.2, 0.25) is 0 Å². The predicted octanol–water partition coefficient (Wildman–Crippen LogP) is 1.71. The summed E-state index contributed by atoms with van der Waals surface area (Å²) in [5, 5.41) is 0. The molecular formula is C9H11NO. The summed E-state index contributed by atoms with van der Waals surface area (Å²) in [4.78, 5) is 4.16. The summed E-state index contributed by atoms with van der Waals surface area (Å²) in [5.74, 6) is 1.00. The van der Waals surface area contributed by atoms with Crippen LogP contribution in [0.15, 0.2) is 12.3 Å². The molecule has 0 bridgehead atoms. The highest BCUT2D eigenvalue weighted by Gasteiger charge is 2.20. The Kier molecular flexibility index (Phi) is 1.34. The number of aryl methyl sites for hydroxylation is 1. The fourth-order valence-electron chi connectivity index (χ4n) is 1.48. The number of fused-ring (bicyclic) bond motifs is 1. The van der Waals surface area contributed by atoms with Gasteiger partial charge in [-0.05, 0) is 19.9 Å². The van der Waals surface area contributed by atoms with E-state index in [4.69, 9.17) is 4.74 Å². The number of ether oxygens (including phenoxy) is 1. The summed E-state index contributed by atoms with van der Waals surface area (Å²) in [6.45, 7) is 4.07. The average Bonchev–Trinajstić information content (AvgIpc) is 2.31. The van der Waals surface area contributed by atoms with Crippen LogP contribution in [0, 0.1) is 6.92 Å². The van der Waals surface area contributed by atoms with E-state index in [9.17, 15) is 0 Å². The topological polar surface area (TPSA) is 22.1 Å². The monoisotopic (exact) mass is 149 g/mol. The molecule has 2 heteroatoms. The number of aromatic nitrogens is 1. The lowest BCUT2D eigenvalue weighted by molar-refractivity contribution is 0.252. The molecule has 1 aliphatic rings. The Morgan fingerprint density at radius 2 is 2.45 bits per heavy atom. The van der Waals surface area contributed by atoms with Crippen molar-refractivity contribution in [3.63, 3.8) is 0 Å². The maximum Gasteiger partial charge on any atom is 0.144 e. The van der Waals surface area contributed by atoms with Gasteiger partial charge >= 0.3 is 0 Å². The van der Waals surface area contributed by atoms with E-state index in [1.807, 2.05) is 19.2 Å². The Morgan fingerprint density at radius 3 is 3.18 bits per heavy atom. The van der Waals surface area contributed by atoms with E-state index in [0.717, 1.165) is 17.9 Å². The molecule has 0 aliphatic carbocycles. The minimum atomic E-state index is 0.327. The zero-order chi connectivity index (χ0) is 7.84. The first-order valence-corrected chi connectivity index (χ1v) is 3.88. The molecule has 0 radical (unpaired) electrons. The second kappa shape index (κ2) is 2.22. The summed E-state index contributed by atoms with van der Waals surface area (Å²) < 4.78 is 5.58. The van der Waals surface area contributed by atoms with Crippen molar-refractivity contribution in [2.45, 2.75) is 26.4 Å². The number of hydrogen-bond acceptors (Lipinski definition) is 2. The summed E-state index contributed by atoms with van der Waals surface area (Å²) >= 11 is 0. The molecule has 0 aromatic carbocycles. The molecule has 0 spiro atoms. The summed E-state index contributed by atoms with van der Waals surface area (Å²) in [5.41, 5.74) is 2.30. The standard InChI is InChI=1S/C9H11NO/c1-6-5-8-3-4-10-7(2)9(8)11-6/h3-4,6H,5H2,1-2H3/t6-/m1/s1. The summed E-state index contributed by atoms with van der Waals surface area (Å²) in [6, 6.07) is 2.03. The third kappa shape index (κ3) is 0.985. The smallest absolute Gasteiger partial charge is 0.144 e. The molecule has 0 amide bonds. The molecule has 11 heavy (non-hydrogen) atoms. The van der Waals surface area contributed by atoms with Crippen molar-refractivity contribution in [3.8, 4) is 5.75 Å². The zero-order valence-electron chi connectivity index (χ0n) is 6.79. The molecule has 0 saturated carbocycles. The highest BCUT2D eigenvalue weighted by Crippen LogP contribution is 2.30. The van der Waals surface area contributed by atoms with Crippen LogP contribution >= 0.6 is 0 Å². The minimum Gasteiger partial charge on any atom is -0.488 e. The van der Waals surface area contributed by atoms with Gasteiger partial charge in [-0.15, -0.1) is 0 Å². The molecule has 2 rings (SSSR count). The molecule has 1 aliphatic heterocycles. The lowest BCUT2D eigenvalue weighted by atomic mass is 10.1. The molecule has 0 saturated heterocycles. The maximum absolute atomic E-state index is 5.58. The van der Waals surface area contributed by atoms with E-state index in [1.165, 1.54) is 5.56 Å². The van der Waals surface area contributed by atoms with E-state index in [-0.39, 0.29) is 0 Å². The second-order valence-electron chi connectivity index (χ2n) is 3.02. The van der Waals surface area contributed by atoms with Crippen LogP contribution in [-0.4, -0.2) is 11.1 Å². The van der Waals surface area contributed by atoms with Crippen LogP contribution in [0.5, 0.6) is 5.75 Å². The molecule has 0 fully saturated rings. The Balaban J connectivity index is 2.49. The van der Waals surface area contributed by atoms with Crippen molar-refractivity contribution < 1.29 is 4.74 Å². The van der Waals surface area contributed by atoms with Gasteiger partial charge in [-0.2, -0.15) is 0 Å². The van der Waals surface area contributed by atoms with Gasteiger partial charge in [0.05, 0.1) is 5.69 Å². The Labute approximate surface area is 66.2 Å². The number of hydrogen-bond donors (Lipinski definition) is 0. The highest BCUT2D eigenvalue weighted by atomic mass is 16.5. The van der Waals surface area contributed by atoms with Crippen molar-refractivity contribution in [3.05, 3.63) is 23.5 Å². The van der Waals surface area contributed by atoms with E-state index < -0.39 is 0 Å². The Bertz CT molecular complexity index is 283. The molecule has 58 valence electrons. The first-order chi connectivity index (χ1) is 5.27. The number of nitrogens with zero attached hydrogens (tertiary/aromatic N) is 1. The minimum absolute atomic E-state index is 0.327. The maximum atomic E-state index is 5.58. The summed E-state index contributed by atoms with van der Waals surface area (Å²) in [6.07, 6.45) is 3.20. The molecule has 2 nitrogen and oxygen atoms in total. The van der Waals surface area contributed by atoms with Crippen LogP contribution in [0.25, 0.3) is 0 Å². The van der Waals surface area contributed by atoms with Crippen molar-refractivity contribution in [1.82, 2.24) is 4.98 Å². The molecular weight excluding hydrogens is 138 g/mol. The summed E-state index contributed by atoms with van der Waals surface area (Å²) in [7, 11) is 0. The van der Waals surface area contributed by atoms with Crippen molar-refractivity contribution >= 4 is 0 Å². The van der Waals surface area contributed by atoms with E-state index in [0.29, 0.717) is 6.10 Å². The van der Waals surface area contributed by atoms with Crippen LogP contribution in [0.4, 0.5) is 0 Å². The predicted molar refractivity (Wildman–Crippen MR) is 42.8 cm³/mol. The van der Waals surface area contributed by atoms with Crippen LogP contribution in [0.2, 0.25) is 0 Å². The van der Waals surface area contributed by atoms with Gasteiger partial charge < -0.3 is 4.74 Å². The van der Waals surface area contributed by atoms with Gasteiger partial charge in [-0.25, -0.2) is 0 Å².